The largest absolute Gasteiger partial charge is 0.329 e. The second kappa shape index (κ2) is 6.44. The van der Waals surface area contributed by atoms with E-state index >= 15 is 0 Å². The lowest BCUT2D eigenvalue weighted by Gasteiger charge is -2.09. The van der Waals surface area contributed by atoms with Gasteiger partial charge in [0.2, 0.25) is 5.91 Å². The van der Waals surface area contributed by atoms with E-state index in [2.05, 4.69) is 10.3 Å². The van der Waals surface area contributed by atoms with Crippen LogP contribution in [0.4, 0.5) is 5.69 Å². The number of rotatable bonds is 3. The molecule has 3 aromatic rings. The molecule has 116 valence electrons. The predicted molar refractivity (Wildman–Crippen MR) is 93.4 cm³/mol. The second-order valence-electron chi connectivity index (χ2n) is 5.05. The lowest BCUT2D eigenvalue weighted by molar-refractivity contribution is -0.115. The number of nitrogens with one attached hydrogen (secondary N) is 2. The van der Waals surface area contributed by atoms with E-state index in [0.29, 0.717) is 26.5 Å². The smallest absolute Gasteiger partial charge is 0.255 e. The molecule has 23 heavy (non-hydrogen) atoms. The third-order valence-corrected chi connectivity index (χ3v) is 4.18. The summed E-state index contributed by atoms with van der Waals surface area (Å²) < 4.78 is 0. The number of hydrogen-bond acceptors (Lipinski definition) is 2. The van der Waals surface area contributed by atoms with Crippen molar-refractivity contribution in [3.63, 3.8) is 0 Å². The van der Waals surface area contributed by atoms with Crippen molar-refractivity contribution < 1.29 is 4.79 Å². The van der Waals surface area contributed by atoms with E-state index in [1.807, 2.05) is 0 Å². The molecule has 0 atom stereocenters. The van der Waals surface area contributed by atoms with Gasteiger partial charge in [-0.15, -0.1) is 0 Å². The number of benzene rings is 2. The molecule has 4 nitrogen and oxygen atoms in total. The van der Waals surface area contributed by atoms with Gasteiger partial charge in [0.05, 0.1) is 16.5 Å². The summed E-state index contributed by atoms with van der Waals surface area (Å²) in [5.74, 6) is -0.198. The Hall–Kier alpha value is -2.30. The van der Waals surface area contributed by atoms with Crippen molar-refractivity contribution in [2.75, 3.05) is 5.32 Å². The topological polar surface area (TPSA) is 62.0 Å². The van der Waals surface area contributed by atoms with Crippen LogP contribution >= 0.6 is 23.2 Å². The molecule has 2 aromatic carbocycles. The van der Waals surface area contributed by atoms with Crippen LogP contribution in [0.5, 0.6) is 0 Å². The van der Waals surface area contributed by atoms with Crippen LogP contribution in [0, 0.1) is 0 Å². The molecule has 0 saturated heterocycles. The number of aromatic amines is 1. The zero-order valence-corrected chi connectivity index (χ0v) is 13.4. The van der Waals surface area contributed by atoms with Crippen molar-refractivity contribution in [1.82, 2.24) is 4.98 Å². The van der Waals surface area contributed by atoms with Crippen molar-refractivity contribution in [3.05, 3.63) is 74.6 Å². The van der Waals surface area contributed by atoms with Crippen LogP contribution in [0.3, 0.4) is 0 Å². The van der Waals surface area contributed by atoms with E-state index in [1.165, 1.54) is 0 Å². The molecule has 0 radical (unpaired) electrons. The molecule has 0 saturated carbocycles. The highest BCUT2D eigenvalue weighted by molar-refractivity contribution is 6.42. The summed E-state index contributed by atoms with van der Waals surface area (Å²) in [4.78, 5) is 26.6. The highest BCUT2D eigenvalue weighted by Gasteiger charge is 2.09. The Labute approximate surface area is 142 Å². The third-order valence-electron chi connectivity index (χ3n) is 3.44. The van der Waals surface area contributed by atoms with Crippen molar-refractivity contribution >= 4 is 45.6 Å². The normalized spacial score (nSPS) is 10.7. The minimum Gasteiger partial charge on any atom is -0.329 e. The molecule has 0 aliphatic heterocycles. The molecule has 1 aromatic heterocycles. The molecule has 0 fully saturated rings. The monoisotopic (exact) mass is 346 g/mol. The number of carbonyl (C=O) groups excluding carboxylic acids is 1. The number of anilines is 1. The first-order valence-corrected chi connectivity index (χ1v) is 7.64. The van der Waals surface area contributed by atoms with Gasteiger partial charge in [-0.2, -0.15) is 0 Å². The van der Waals surface area contributed by atoms with Crippen LogP contribution in [-0.4, -0.2) is 10.9 Å². The van der Waals surface area contributed by atoms with E-state index in [0.717, 1.165) is 5.56 Å². The predicted octanol–water partition coefficient (Wildman–Crippen LogP) is 4.02. The minimum absolute atomic E-state index is 0.163. The minimum atomic E-state index is -0.198. The van der Waals surface area contributed by atoms with Gasteiger partial charge in [0.25, 0.3) is 5.56 Å². The summed E-state index contributed by atoms with van der Waals surface area (Å²) >= 11 is 11.8. The number of hydrogen-bond donors (Lipinski definition) is 2. The Morgan fingerprint density at radius 2 is 1.87 bits per heavy atom. The molecule has 6 heteroatoms. The fourth-order valence-electron chi connectivity index (χ4n) is 2.36. The summed E-state index contributed by atoms with van der Waals surface area (Å²) in [6, 6.07) is 12.0. The number of halogens is 2. The maximum absolute atomic E-state index is 12.2. The third kappa shape index (κ3) is 3.38. The molecule has 1 heterocycles. The van der Waals surface area contributed by atoms with Gasteiger partial charge in [0.1, 0.15) is 0 Å². The zero-order chi connectivity index (χ0) is 16.4. The summed E-state index contributed by atoms with van der Waals surface area (Å²) in [5, 5.41) is 4.91. The van der Waals surface area contributed by atoms with Crippen molar-refractivity contribution in [1.29, 1.82) is 0 Å². The Bertz CT molecular complexity index is 951. The van der Waals surface area contributed by atoms with Crippen molar-refractivity contribution in [3.8, 4) is 0 Å². The SMILES string of the molecule is O=C(Cc1ccc(Cl)c(Cl)c1)Nc1cccc2c(=O)[nH]ccc12. The van der Waals surface area contributed by atoms with E-state index in [-0.39, 0.29) is 17.9 Å². The fourth-order valence-corrected chi connectivity index (χ4v) is 2.68. The molecule has 0 spiro atoms. The standard InChI is InChI=1S/C17H12Cl2N2O2/c18-13-5-4-10(8-14(13)19)9-16(22)21-15-3-1-2-12-11(15)6-7-20-17(12)23/h1-8H,9H2,(H,20,23)(H,21,22). The number of fused-ring (bicyclic) bond motifs is 1. The second-order valence-corrected chi connectivity index (χ2v) is 5.86. The molecule has 0 aliphatic carbocycles. The maximum Gasteiger partial charge on any atom is 0.255 e. The molecule has 0 unspecified atom stereocenters. The van der Waals surface area contributed by atoms with Crippen LogP contribution in [0.2, 0.25) is 10.0 Å². The van der Waals surface area contributed by atoms with Gasteiger partial charge < -0.3 is 10.3 Å². The molecule has 2 N–H and O–H groups in total. The Kier molecular flexibility index (Phi) is 4.37. The van der Waals surface area contributed by atoms with E-state index in [9.17, 15) is 9.59 Å². The maximum atomic E-state index is 12.2. The van der Waals surface area contributed by atoms with Crippen molar-refractivity contribution in [2.24, 2.45) is 0 Å². The van der Waals surface area contributed by atoms with Gasteiger partial charge in [0, 0.05) is 22.7 Å². The lowest BCUT2D eigenvalue weighted by Crippen LogP contribution is -2.15. The quantitative estimate of drug-likeness (QED) is 0.752. The molecular formula is C17H12Cl2N2O2. The van der Waals surface area contributed by atoms with Crippen LogP contribution in [0.1, 0.15) is 5.56 Å². The molecule has 1 amide bonds. The number of H-pyrrole nitrogens is 1. The highest BCUT2D eigenvalue weighted by Crippen LogP contribution is 2.24. The summed E-state index contributed by atoms with van der Waals surface area (Å²) in [7, 11) is 0. The summed E-state index contributed by atoms with van der Waals surface area (Å²) in [6.07, 6.45) is 1.72. The molecular weight excluding hydrogens is 335 g/mol. The fraction of sp³-hybridized carbons (Fsp3) is 0.0588. The Morgan fingerprint density at radius 3 is 2.65 bits per heavy atom. The van der Waals surface area contributed by atoms with E-state index in [1.54, 1.807) is 48.7 Å². The molecule has 0 aliphatic rings. The summed E-state index contributed by atoms with van der Waals surface area (Å²) in [5.41, 5.74) is 1.16. The first kappa shape index (κ1) is 15.6. The van der Waals surface area contributed by atoms with Gasteiger partial charge in [0.15, 0.2) is 0 Å². The first-order valence-electron chi connectivity index (χ1n) is 6.89. The average Bonchev–Trinajstić information content (AvgIpc) is 2.52. The van der Waals surface area contributed by atoms with Crippen molar-refractivity contribution in [2.45, 2.75) is 6.42 Å². The summed E-state index contributed by atoms with van der Waals surface area (Å²) in [6.45, 7) is 0. The number of aromatic nitrogens is 1. The first-order chi connectivity index (χ1) is 11.0. The molecule has 3 rings (SSSR count). The van der Waals surface area contributed by atoms with Crippen LogP contribution in [0.25, 0.3) is 10.8 Å². The zero-order valence-electron chi connectivity index (χ0n) is 11.9. The lowest BCUT2D eigenvalue weighted by atomic mass is 10.1. The van der Waals surface area contributed by atoms with Gasteiger partial charge in [-0.25, -0.2) is 0 Å². The van der Waals surface area contributed by atoms with Crippen LogP contribution in [-0.2, 0) is 11.2 Å². The van der Waals surface area contributed by atoms with Crippen LogP contribution in [0.15, 0.2) is 53.5 Å². The average molecular weight is 347 g/mol. The Balaban J connectivity index is 1.84. The van der Waals surface area contributed by atoms with Gasteiger partial charge >= 0.3 is 0 Å². The number of amides is 1. The van der Waals surface area contributed by atoms with Gasteiger partial charge in [-0.3, -0.25) is 9.59 Å². The highest BCUT2D eigenvalue weighted by atomic mass is 35.5. The van der Waals surface area contributed by atoms with Crippen LogP contribution < -0.4 is 10.9 Å². The number of carbonyl (C=O) groups is 1. The van der Waals surface area contributed by atoms with Gasteiger partial charge in [-0.05, 0) is 35.9 Å². The number of pyridine rings is 1. The van der Waals surface area contributed by atoms with E-state index < -0.39 is 0 Å². The van der Waals surface area contributed by atoms with E-state index in [4.69, 9.17) is 23.2 Å². The van der Waals surface area contributed by atoms with Gasteiger partial charge in [-0.1, -0.05) is 35.3 Å². The molecule has 0 bridgehead atoms. The Morgan fingerprint density at radius 1 is 1.04 bits per heavy atom.